The van der Waals surface area contributed by atoms with Crippen LogP contribution in [0.15, 0.2) is 25.0 Å². The molecular formula is C12H18N6. The van der Waals surface area contributed by atoms with Crippen molar-refractivity contribution in [1.29, 1.82) is 0 Å². The molecule has 0 spiro atoms. The minimum absolute atomic E-state index is 0.146. The van der Waals surface area contributed by atoms with Gasteiger partial charge in [0.05, 0.1) is 0 Å². The zero-order valence-electron chi connectivity index (χ0n) is 10.9. The largest absolute Gasteiger partial charge is 0.313 e. The number of hydrogen-bond acceptors (Lipinski definition) is 5. The number of hydrogen-bond donors (Lipinski definition) is 1. The van der Waals surface area contributed by atoms with E-state index in [9.17, 15) is 0 Å². The highest BCUT2D eigenvalue weighted by Gasteiger charge is 2.15. The van der Waals surface area contributed by atoms with E-state index in [1.165, 1.54) is 6.33 Å². The summed E-state index contributed by atoms with van der Waals surface area (Å²) in [6.07, 6.45) is 7.55. The minimum atomic E-state index is 0.146. The van der Waals surface area contributed by atoms with Gasteiger partial charge in [0.15, 0.2) is 0 Å². The fourth-order valence-corrected chi connectivity index (χ4v) is 1.91. The first-order chi connectivity index (χ1) is 8.72. The normalized spacial score (nSPS) is 12.9. The first-order valence-corrected chi connectivity index (χ1v) is 6.03. The van der Waals surface area contributed by atoms with Gasteiger partial charge in [-0.1, -0.05) is 0 Å². The van der Waals surface area contributed by atoms with E-state index in [1.54, 1.807) is 6.33 Å². The van der Waals surface area contributed by atoms with Crippen molar-refractivity contribution in [2.75, 3.05) is 7.05 Å². The average Bonchev–Trinajstić information content (AvgIpc) is 2.85. The molecule has 0 aliphatic heterocycles. The van der Waals surface area contributed by atoms with E-state index in [2.05, 4.69) is 39.2 Å². The Kier molecular flexibility index (Phi) is 3.99. The number of aromatic nitrogens is 5. The molecule has 2 rings (SSSR count). The Bertz CT molecular complexity index is 478. The Hall–Kier alpha value is -1.82. The van der Waals surface area contributed by atoms with Gasteiger partial charge < -0.3 is 5.32 Å². The molecule has 1 N–H and O–H groups in total. The summed E-state index contributed by atoms with van der Waals surface area (Å²) in [5.41, 5.74) is 1.05. The molecule has 0 saturated heterocycles. The summed E-state index contributed by atoms with van der Waals surface area (Å²) in [6.45, 7) is 4.19. The Labute approximate surface area is 106 Å². The Morgan fingerprint density at radius 1 is 1.22 bits per heavy atom. The van der Waals surface area contributed by atoms with Crippen LogP contribution in [0.2, 0.25) is 0 Å². The van der Waals surface area contributed by atoms with Gasteiger partial charge in [0, 0.05) is 36.5 Å². The number of nitrogens with one attached hydrogen (secondary N) is 1. The van der Waals surface area contributed by atoms with Gasteiger partial charge >= 0.3 is 0 Å². The van der Waals surface area contributed by atoms with Crippen LogP contribution in [0.3, 0.4) is 0 Å². The predicted molar refractivity (Wildman–Crippen MR) is 67.9 cm³/mol. The second kappa shape index (κ2) is 5.68. The summed E-state index contributed by atoms with van der Waals surface area (Å²) in [4.78, 5) is 12.4. The third kappa shape index (κ3) is 2.70. The van der Waals surface area contributed by atoms with Crippen LogP contribution in [0.4, 0.5) is 0 Å². The molecule has 18 heavy (non-hydrogen) atoms. The van der Waals surface area contributed by atoms with E-state index in [0.717, 1.165) is 17.8 Å². The molecule has 6 nitrogen and oxygen atoms in total. The maximum absolute atomic E-state index is 4.32. The van der Waals surface area contributed by atoms with Gasteiger partial charge in [0.25, 0.3) is 0 Å². The fraction of sp³-hybridized carbons (Fsp3) is 0.500. The van der Waals surface area contributed by atoms with E-state index in [0.29, 0.717) is 6.04 Å². The van der Waals surface area contributed by atoms with E-state index >= 15 is 0 Å². The summed E-state index contributed by atoms with van der Waals surface area (Å²) >= 11 is 0. The fourth-order valence-electron chi connectivity index (χ4n) is 1.91. The lowest BCUT2D eigenvalue weighted by Crippen LogP contribution is -2.22. The molecule has 2 aromatic heterocycles. The molecule has 1 unspecified atom stereocenters. The van der Waals surface area contributed by atoms with Gasteiger partial charge in [-0.05, 0) is 20.9 Å². The summed E-state index contributed by atoms with van der Waals surface area (Å²) in [7, 11) is 1.92. The third-order valence-corrected chi connectivity index (χ3v) is 2.85. The first-order valence-electron chi connectivity index (χ1n) is 6.03. The molecule has 0 fully saturated rings. The lowest BCUT2D eigenvalue weighted by atomic mass is 10.1. The highest BCUT2D eigenvalue weighted by atomic mass is 15.3. The molecular weight excluding hydrogens is 228 g/mol. The van der Waals surface area contributed by atoms with Crippen molar-refractivity contribution < 1.29 is 0 Å². The van der Waals surface area contributed by atoms with Crippen LogP contribution >= 0.6 is 0 Å². The zero-order chi connectivity index (χ0) is 13.0. The SMILES string of the molecule is CNC(Cc1ncnn1C(C)C)c1cncnc1. The molecule has 0 bridgehead atoms. The van der Waals surface area contributed by atoms with Crippen molar-refractivity contribution in [3.63, 3.8) is 0 Å². The molecule has 1 atom stereocenters. The molecule has 2 aromatic rings. The molecule has 0 aliphatic carbocycles. The summed E-state index contributed by atoms with van der Waals surface area (Å²) < 4.78 is 1.94. The highest BCUT2D eigenvalue weighted by Crippen LogP contribution is 2.16. The standard InChI is InChI=1S/C12H18N6/c1-9(2)18-12(16-8-17-18)4-11(13-3)10-5-14-7-15-6-10/h5-9,11,13H,4H2,1-3H3. The Balaban J connectivity index is 2.18. The molecule has 6 heteroatoms. The predicted octanol–water partition coefficient (Wildman–Crippen LogP) is 1.15. The zero-order valence-corrected chi connectivity index (χ0v) is 10.9. The van der Waals surface area contributed by atoms with E-state index in [1.807, 2.05) is 24.1 Å². The molecule has 0 aromatic carbocycles. The van der Waals surface area contributed by atoms with Crippen molar-refractivity contribution in [1.82, 2.24) is 30.0 Å². The van der Waals surface area contributed by atoms with Crippen LogP contribution in [-0.4, -0.2) is 31.8 Å². The van der Waals surface area contributed by atoms with Crippen LogP contribution in [0, 0.1) is 0 Å². The van der Waals surface area contributed by atoms with Gasteiger partial charge in [-0.25, -0.2) is 19.6 Å². The lowest BCUT2D eigenvalue weighted by Gasteiger charge is -2.17. The van der Waals surface area contributed by atoms with E-state index in [4.69, 9.17) is 0 Å². The smallest absolute Gasteiger partial charge is 0.138 e. The molecule has 0 radical (unpaired) electrons. The van der Waals surface area contributed by atoms with Crippen LogP contribution in [0.1, 0.15) is 37.3 Å². The van der Waals surface area contributed by atoms with Gasteiger partial charge in [-0.15, -0.1) is 0 Å². The van der Waals surface area contributed by atoms with Gasteiger partial charge in [-0.2, -0.15) is 5.10 Å². The maximum atomic E-state index is 4.32. The maximum Gasteiger partial charge on any atom is 0.138 e. The molecule has 0 saturated carbocycles. The van der Waals surface area contributed by atoms with Crippen molar-refractivity contribution in [2.24, 2.45) is 0 Å². The molecule has 0 amide bonds. The van der Waals surface area contributed by atoms with Gasteiger partial charge in [0.2, 0.25) is 0 Å². The van der Waals surface area contributed by atoms with Crippen molar-refractivity contribution in [3.8, 4) is 0 Å². The third-order valence-electron chi connectivity index (χ3n) is 2.85. The topological polar surface area (TPSA) is 68.5 Å². The van der Waals surface area contributed by atoms with Crippen LogP contribution in [-0.2, 0) is 6.42 Å². The Morgan fingerprint density at radius 2 is 1.94 bits per heavy atom. The van der Waals surface area contributed by atoms with E-state index < -0.39 is 0 Å². The van der Waals surface area contributed by atoms with Crippen molar-refractivity contribution in [2.45, 2.75) is 32.4 Å². The highest BCUT2D eigenvalue weighted by molar-refractivity contribution is 5.11. The first kappa shape index (κ1) is 12.6. The van der Waals surface area contributed by atoms with E-state index in [-0.39, 0.29) is 6.04 Å². The summed E-state index contributed by atoms with van der Waals surface area (Å²) in [5.74, 6) is 0.966. The average molecular weight is 246 g/mol. The summed E-state index contributed by atoms with van der Waals surface area (Å²) in [5, 5.41) is 7.50. The quantitative estimate of drug-likeness (QED) is 0.857. The molecule has 2 heterocycles. The lowest BCUT2D eigenvalue weighted by molar-refractivity contribution is 0.477. The number of rotatable bonds is 5. The van der Waals surface area contributed by atoms with Crippen LogP contribution in [0.5, 0.6) is 0 Å². The van der Waals surface area contributed by atoms with Crippen LogP contribution in [0.25, 0.3) is 0 Å². The van der Waals surface area contributed by atoms with Crippen LogP contribution < -0.4 is 5.32 Å². The van der Waals surface area contributed by atoms with Crippen molar-refractivity contribution in [3.05, 3.63) is 36.4 Å². The molecule has 0 aliphatic rings. The molecule has 96 valence electrons. The summed E-state index contributed by atoms with van der Waals surface area (Å²) in [6, 6.07) is 0.458. The van der Waals surface area contributed by atoms with Gasteiger partial charge in [0.1, 0.15) is 18.5 Å². The number of likely N-dealkylation sites (N-methyl/N-ethyl adjacent to an activating group) is 1. The van der Waals surface area contributed by atoms with Gasteiger partial charge in [-0.3, -0.25) is 0 Å². The minimum Gasteiger partial charge on any atom is -0.313 e. The monoisotopic (exact) mass is 246 g/mol. The second-order valence-corrected chi connectivity index (χ2v) is 4.43. The van der Waals surface area contributed by atoms with Crippen molar-refractivity contribution >= 4 is 0 Å². The number of nitrogens with zero attached hydrogens (tertiary/aromatic N) is 5. The second-order valence-electron chi connectivity index (χ2n) is 4.43. The Morgan fingerprint density at radius 3 is 2.56 bits per heavy atom.